The van der Waals surface area contributed by atoms with Crippen LogP contribution >= 0.6 is 0 Å². The highest BCUT2D eigenvalue weighted by atomic mass is 16.5. The Morgan fingerprint density at radius 3 is 2.59 bits per heavy atom. The van der Waals surface area contributed by atoms with Crippen LogP contribution in [-0.2, 0) is 9.53 Å². The van der Waals surface area contributed by atoms with Crippen molar-refractivity contribution >= 4 is 5.97 Å². The smallest absolute Gasteiger partial charge is 0.313 e. The van der Waals surface area contributed by atoms with Gasteiger partial charge < -0.3 is 9.47 Å². The van der Waals surface area contributed by atoms with E-state index in [1.165, 1.54) is 7.11 Å². The van der Waals surface area contributed by atoms with Crippen molar-refractivity contribution in [1.29, 1.82) is 0 Å². The fourth-order valence-corrected chi connectivity index (χ4v) is 1.77. The highest BCUT2D eigenvalue weighted by Crippen LogP contribution is 2.29. The summed E-state index contributed by atoms with van der Waals surface area (Å²) in [5.74, 6) is 0.333. The molecule has 1 unspecified atom stereocenters. The topological polar surface area (TPSA) is 35.5 Å². The largest absolute Gasteiger partial charge is 0.493 e. The average Bonchev–Trinajstić information content (AvgIpc) is 2.38. The molecule has 0 amide bonds. The van der Waals surface area contributed by atoms with Gasteiger partial charge >= 0.3 is 5.97 Å². The van der Waals surface area contributed by atoms with E-state index in [0.29, 0.717) is 13.0 Å². The molecule has 94 valence electrons. The number of hydrogen-bond acceptors (Lipinski definition) is 3. The third-order valence-electron chi connectivity index (χ3n) is 2.65. The Morgan fingerprint density at radius 1 is 1.29 bits per heavy atom. The van der Waals surface area contributed by atoms with Crippen LogP contribution in [-0.4, -0.2) is 19.7 Å². The molecule has 0 bridgehead atoms. The maximum atomic E-state index is 11.7. The maximum Gasteiger partial charge on any atom is 0.313 e. The first-order valence-electron chi connectivity index (χ1n) is 6.04. The molecule has 0 aromatic heterocycles. The second kappa shape index (κ2) is 6.94. The van der Waals surface area contributed by atoms with Crippen LogP contribution in [0.3, 0.4) is 0 Å². The molecule has 3 heteroatoms. The van der Waals surface area contributed by atoms with Gasteiger partial charge in [0.05, 0.1) is 19.6 Å². The van der Waals surface area contributed by atoms with Crippen molar-refractivity contribution in [2.75, 3.05) is 13.7 Å². The number of esters is 1. The molecule has 0 saturated carbocycles. The van der Waals surface area contributed by atoms with E-state index in [4.69, 9.17) is 9.47 Å². The second-order valence-corrected chi connectivity index (χ2v) is 3.87. The standard InChI is InChI=1S/C14H20O3/c1-4-10-17-13-9-7-6-8-12(13)11(5-2)14(15)16-3/h6-9,11H,4-5,10H2,1-3H3. The van der Waals surface area contributed by atoms with Gasteiger partial charge in [0.15, 0.2) is 0 Å². The molecule has 17 heavy (non-hydrogen) atoms. The Kier molecular flexibility index (Phi) is 5.53. The molecule has 1 rings (SSSR count). The monoisotopic (exact) mass is 236 g/mol. The first-order valence-corrected chi connectivity index (χ1v) is 6.04. The molecule has 1 atom stereocenters. The van der Waals surface area contributed by atoms with Crippen molar-refractivity contribution in [3.8, 4) is 5.75 Å². The number of para-hydroxylation sites is 1. The van der Waals surface area contributed by atoms with Crippen molar-refractivity contribution < 1.29 is 14.3 Å². The van der Waals surface area contributed by atoms with Gasteiger partial charge in [-0.3, -0.25) is 4.79 Å². The van der Waals surface area contributed by atoms with Crippen LogP contribution in [0.2, 0.25) is 0 Å². The van der Waals surface area contributed by atoms with Gasteiger partial charge in [-0.25, -0.2) is 0 Å². The quantitative estimate of drug-likeness (QED) is 0.712. The SMILES string of the molecule is CCCOc1ccccc1C(CC)C(=O)OC. The predicted octanol–water partition coefficient (Wildman–Crippen LogP) is 3.14. The van der Waals surface area contributed by atoms with E-state index in [2.05, 4.69) is 6.92 Å². The third-order valence-corrected chi connectivity index (χ3v) is 2.65. The highest BCUT2D eigenvalue weighted by molar-refractivity contribution is 5.79. The number of carbonyl (C=O) groups is 1. The summed E-state index contributed by atoms with van der Waals surface area (Å²) in [6.07, 6.45) is 1.66. The minimum atomic E-state index is -0.243. The van der Waals surface area contributed by atoms with Crippen molar-refractivity contribution in [2.24, 2.45) is 0 Å². The normalized spacial score (nSPS) is 11.9. The lowest BCUT2D eigenvalue weighted by molar-refractivity contribution is -0.142. The van der Waals surface area contributed by atoms with Crippen LogP contribution in [0.4, 0.5) is 0 Å². The van der Waals surface area contributed by atoms with E-state index in [-0.39, 0.29) is 11.9 Å². The number of rotatable bonds is 6. The van der Waals surface area contributed by atoms with E-state index >= 15 is 0 Å². The second-order valence-electron chi connectivity index (χ2n) is 3.87. The maximum absolute atomic E-state index is 11.7. The van der Waals surface area contributed by atoms with Crippen LogP contribution in [0.1, 0.15) is 38.2 Å². The Morgan fingerprint density at radius 2 is 2.00 bits per heavy atom. The summed E-state index contributed by atoms with van der Waals surface area (Å²) in [7, 11) is 1.42. The van der Waals surface area contributed by atoms with Crippen molar-refractivity contribution in [3.63, 3.8) is 0 Å². The van der Waals surface area contributed by atoms with Gasteiger partial charge in [0, 0.05) is 5.56 Å². The predicted molar refractivity (Wildman–Crippen MR) is 67.3 cm³/mol. The van der Waals surface area contributed by atoms with Gasteiger partial charge in [0.2, 0.25) is 0 Å². The lowest BCUT2D eigenvalue weighted by atomic mass is 9.96. The van der Waals surface area contributed by atoms with Gasteiger partial charge in [0.25, 0.3) is 0 Å². The van der Waals surface area contributed by atoms with Crippen LogP contribution < -0.4 is 4.74 Å². The van der Waals surface area contributed by atoms with Crippen molar-refractivity contribution in [3.05, 3.63) is 29.8 Å². The summed E-state index contributed by atoms with van der Waals surface area (Å²) in [5, 5.41) is 0. The molecule has 0 aliphatic rings. The zero-order valence-electron chi connectivity index (χ0n) is 10.7. The molecule has 0 radical (unpaired) electrons. The molecule has 3 nitrogen and oxygen atoms in total. The van der Waals surface area contributed by atoms with Gasteiger partial charge in [-0.1, -0.05) is 32.0 Å². The molecule has 0 fully saturated rings. The van der Waals surface area contributed by atoms with Gasteiger partial charge in [-0.05, 0) is 18.9 Å². The van der Waals surface area contributed by atoms with Crippen LogP contribution in [0, 0.1) is 0 Å². The number of ether oxygens (including phenoxy) is 2. The van der Waals surface area contributed by atoms with Crippen LogP contribution in [0.15, 0.2) is 24.3 Å². The summed E-state index contributed by atoms with van der Waals surface area (Å²) in [4.78, 5) is 11.7. The highest BCUT2D eigenvalue weighted by Gasteiger charge is 2.22. The van der Waals surface area contributed by atoms with Gasteiger partial charge in [0.1, 0.15) is 5.75 Å². The summed E-state index contributed by atoms with van der Waals surface area (Å²) >= 11 is 0. The van der Waals surface area contributed by atoms with E-state index in [9.17, 15) is 4.79 Å². The summed E-state index contributed by atoms with van der Waals surface area (Å²) in [6.45, 7) is 4.69. The Bertz CT molecular complexity index is 360. The molecule has 0 aliphatic carbocycles. The first-order chi connectivity index (χ1) is 8.24. The summed E-state index contributed by atoms with van der Waals surface area (Å²) in [5.41, 5.74) is 0.912. The van der Waals surface area contributed by atoms with Crippen LogP contribution in [0.5, 0.6) is 5.75 Å². The van der Waals surface area contributed by atoms with E-state index in [0.717, 1.165) is 17.7 Å². The molecule has 1 aromatic carbocycles. The minimum absolute atomic E-state index is 0.208. The molecule has 0 heterocycles. The third kappa shape index (κ3) is 3.48. The number of methoxy groups -OCH3 is 1. The lowest BCUT2D eigenvalue weighted by Crippen LogP contribution is -2.14. The summed E-state index contributed by atoms with van der Waals surface area (Å²) in [6, 6.07) is 7.66. The zero-order chi connectivity index (χ0) is 12.7. The summed E-state index contributed by atoms with van der Waals surface area (Å²) < 4.78 is 10.5. The van der Waals surface area contributed by atoms with Crippen molar-refractivity contribution in [1.82, 2.24) is 0 Å². The minimum Gasteiger partial charge on any atom is -0.493 e. The number of carbonyl (C=O) groups excluding carboxylic acids is 1. The fourth-order valence-electron chi connectivity index (χ4n) is 1.77. The Balaban J connectivity index is 2.97. The molecule has 0 aliphatic heterocycles. The van der Waals surface area contributed by atoms with Gasteiger partial charge in [-0.15, -0.1) is 0 Å². The molecular weight excluding hydrogens is 216 g/mol. The van der Waals surface area contributed by atoms with Crippen molar-refractivity contribution in [2.45, 2.75) is 32.6 Å². The van der Waals surface area contributed by atoms with E-state index < -0.39 is 0 Å². The average molecular weight is 236 g/mol. The fraction of sp³-hybridized carbons (Fsp3) is 0.500. The zero-order valence-corrected chi connectivity index (χ0v) is 10.7. The van der Waals surface area contributed by atoms with Gasteiger partial charge in [-0.2, -0.15) is 0 Å². The van der Waals surface area contributed by atoms with E-state index in [1.54, 1.807) is 0 Å². The first kappa shape index (κ1) is 13.6. The number of hydrogen-bond donors (Lipinski definition) is 0. The lowest BCUT2D eigenvalue weighted by Gasteiger charge is -2.17. The Labute approximate surface area is 103 Å². The molecular formula is C14H20O3. The Hall–Kier alpha value is -1.51. The molecule has 0 N–H and O–H groups in total. The molecule has 1 aromatic rings. The molecule has 0 saturated heterocycles. The molecule has 0 spiro atoms. The van der Waals surface area contributed by atoms with Crippen LogP contribution in [0.25, 0.3) is 0 Å². The van der Waals surface area contributed by atoms with E-state index in [1.807, 2.05) is 31.2 Å². The number of benzene rings is 1.